The van der Waals surface area contributed by atoms with Gasteiger partial charge in [-0.1, -0.05) is 30.3 Å². The molecule has 0 atom stereocenters. The number of nitro groups is 1. The Hall–Kier alpha value is -2.77. The van der Waals surface area contributed by atoms with Crippen molar-refractivity contribution in [2.24, 2.45) is 0 Å². The van der Waals surface area contributed by atoms with Crippen LogP contribution in [0.15, 0.2) is 47.8 Å². The van der Waals surface area contributed by atoms with Gasteiger partial charge in [-0.3, -0.25) is 10.1 Å². The smallest absolute Gasteiger partial charge is 0.311 e. The molecule has 0 fully saturated rings. The molecule has 1 heterocycles. The molecule has 1 N–H and O–H groups in total. The van der Waals surface area contributed by atoms with Gasteiger partial charge in [0.1, 0.15) is 11.6 Å². The maximum Gasteiger partial charge on any atom is 0.311 e. The highest BCUT2D eigenvalue weighted by atomic mass is 32.1. The summed E-state index contributed by atoms with van der Waals surface area (Å²) in [6.07, 6.45) is 0. The number of ether oxygens (including phenoxy) is 1. The lowest BCUT2D eigenvalue weighted by atomic mass is 10.1. The molecule has 0 aliphatic carbocycles. The van der Waals surface area contributed by atoms with E-state index in [1.807, 2.05) is 55.7 Å². The molecule has 0 aliphatic rings. The first-order valence-electron chi connectivity index (χ1n) is 8.13. The minimum Gasteiger partial charge on any atom is -0.481 e. The van der Waals surface area contributed by atoms with Crippen LogP contribution in [-0.2, 0) is 13.2 Å². The molecule has 0 radical (unpaired) electrons. The molecular formula is C19H19N3O3S. The summed E-state index contributed by atoms with van der Waals surface area (Å²) in [5, 5.41) is 17.5. The number of thiazole rings is 1. The van der Waals surface area contributed by atoms with Crippen molar-refractivity contribution in [3.05, 3.63) is 74.1 Å². The lowest BCUT2D eigenvalue weighted by molar-refractivity contribution is -0.385. The Kier molecular flexibility index (Phi) is 5.60. The minimum atomic E-state index is -0.405. The van der Waals surface area contributed by atoms with Gasteiger partial charge < -0.3 is 10.1 Å². The Morgan fingerprint density at radius 1 is 1.27 bits per heavy atom. The number of aryl methyl sites for hydroxylation is 1. The Labute approximate surface area is 155 Å². The van der Waals surface area contributed by atoms with E-state index < -0.39 is 4.92 Å². The molecule has 0 saturated carbocycles. The number of benzene rings is 2. The number of hydrogen-bond acceptors (Lipinski definition) is 6. The highest BCUT2D eigenvalue weighted by Gasteiger charge is 2.23. The molecule has 7 heteroatoms. The fourth-order valence-corrected chi connectivity index (χ4v) is 3.43. The summed E-state index contributed by atoms with van der Waals surface area (Å²) in [5.41, 5.74) is 3.03. The number of hydrogen-bond donors (Lipinski definition) is 1. The van der Waals surface area contributed by atoms with Crippen LogP contribution in [0.3, 0.4) is 0 Å². The highest BCUT2D eigenvalue weighted by molar-refractivity contribution is 7.09. The van der Waals surface area contributed by atoms with Gasteiger partial charge in [0.05, 0.1) is 16.2 Å². The predicted molar refractivity (Wildman–Crippen MR) is 102 cm³/mol. The summed E-state index contributed by atoms with van der Waals surface area (Å²) in [7, 11) is 1.85. The van der Waals surface area contributed by atoms with Gasteiger partial charge in [0.15, 0.2) is 0 Å². The van der Waals surface area contributed by atoms with Crippen LogP contribution in [0.25, 0.3) is 11.3 Å². The second-order valence-electron chi connectivity index (χ2n) is 5.85. The summed E-state index contributed by atoms with van der Waals surface area (Å²) >= 11 is 1.51. The summed E-state index contributed by atoms with van der Waals surface area (Å²) in [5.74, 6) is 0.255. The highest BCUT2D eigenvalue weighted by Crippen LogP contribution is 2.40. The van der Waals surface area contributed by atoms with E-state index in [1.54, 1.807) is 0 Å². The topological polar surface area (TPSA) is 77.3 Å². The Bertz CT molecular complexity index is 910. The largest absolute Gasteiger partial charge is 0.481 e. The summed E-state index contributed by atoms with van der Waals surface area (Å²) in [6.45, 7) is 2.74. The summed E-state index contributed by atoms with van der Waals surface area (Å²) < 4.78 is 5.90. The van der Waals surface area contributed by atoms with Crippen molar-refractivity contribution >= 4 is 17.0 Å². The zero-order valence-corrected chi connectivity index (χ0v) is 15.4. The van der Waals surface area contributed by atoms with Gasteiger partial charge in [0.2, 0.25) is 5.75 Å². The lowest BCUT2D eigenvalue weighted by Crippen LogP contribution is -2.04. The van der Waals surface area contributed by atoms with Crippen LogP contribution in [0.2, 0.25) is 0 Å². The summed E-state index contributed by atoms with van der Waals surface area (Å²) in [4.78, 5) is 15.8. The van der Waals surface area contributed by atoms with Crippen molar-refractivity contribution < 1.29 is 9.66 Å². The second kappa shape index (κ2) is 8.07. The van der Waals surface area contributed by atoms with E-state index in [9.17, 15) is 10.1 Å². The van der Waals surface area contributed by atoms with Gasteiger partial charge in [-0.15, -0.1) is 11.3 Å². The van der Waals surface area contributed by atoms with Gasteiger partial charge in [-0.25, -0.2) is 4.98 Å². The number of nitrogens with zero attached hydrogens (tertiary/aromatic N) is 2. The van der Waals surface area contributed by atoms with Gasteiger partial charge in [0, 0.05) is 18.0 Å². The zero-order valence-electron chi connectivity index (χ0n) is 14.6. The van der Waals surface area contributed by atoms with E-state index in [-0.39, 0.29) is 18.0 Å². The number of nitro benzene ring substituents is 1. The van der Waals surface area contributed by atoms with Crippen LogP contribution in [0.4, 0.5) is 5.69 Å². The zero-order chi connectivity index (χ0) is 18.5. The molecule has 0 bridgehead atoms. The average molecular weight is 369 g/mol. The van der Waals surface area contributed by atoms with Crippen molar-refractivity contribution in [3.8, 4) is 17.0 Å². The second-order valence-corrected chi connectivity index (χ2v) is 6.79. The SMILES string of the molecule is CNCc1nc(-c2cc(C)cc([N+](=O)[O-])c2OCc2ccccc2)cs1. The van der Waals surface area contributed by atoms with Crippen LogP contribution >= 0.6 is 11.3 Å². The van der Waals surface area contributed by atoms with Crippen LogP contribution in [0.1, 0.15) is 16.1 Å². The fraction of sp³-hybridized carbons (Fsp3) is 0.211. The third kappa shape index (κ3) is 4.07. The maximum absolute atomic E-state index is 11.6. The predicted octanol–water partition coefficient (Wildman–Crippen LogP) is 4.33. The summed E-state index contributed by atoms with van der Waals surface area (Å²) in [6, 6.07) is 13.0. The van der Waals surface area contributed by atoms with Crippen molar-refractivity contribution in [1.29, 1.82) is 0 Å². The molecule has 3 aromatic rings. The van der Waals surface area contributed by atoms with Crippen LogP contribution < -0.4 is 10.1 Å². The first-order valence-corrected chi connectivity index (χ1v) is 9.01. The van der Waals surface area contributed by atoms with Gasteiger partial charge in [0.25, 0.3) is 0 Å². The van der Waals surface area contributed by atoms with E-state index >= 15 is 0 Å². The molecule has 0 spiro atoms. The van der Waals surface area contributed by atoms with Crippen LogP contribution in [-0.4, -0.2) is 17.0 Å². The molecule has 0 aliphatic heterocycles. The van der Waals surface area contributed by atoms with E-state index in [2.05, 4.69) is 10.3 Å². The van der Waals surface area contributed by atoms with Gasteiger partial charge >= 0.3 is 5.69 Å². The third-order valence-electron chi connectivity index (χ3n) is 3.79. The van der Waals surface area contributed by atoms with Crippen molar-refractivity contribution in [2.45, 2.75) is 20.1 Å². The molecule has 1 aromatic heterocycles. The molecule has 134 valence electrons. The minimum absolute atomic E-state index is 0.0425. The molecular weight excluding hydrogens is 350 g/mol. The molecule has 0 unspecified atom stereocenters. The molecule has 26 heavy (non-hydrogen) atoms. The molecule has 0 amide bonds. The van der Waals surface area contributed by atoms with Crippen LogP contribution in [0, 0.1) is 17.0 Å². The maximum atomic E-state index is 11.6. The molecule has 3 rings (SSSR count). The van der Waals surface area contributed by atoms with E-state index in [4.69, 9.17) is 4.74 Å². The Morgan fingerprint density at radius 2 is 2.04 bits per heavy atom. The van der Waals surface area contributed by atoms with Crippen molar-refractivity contribution in [2.75, 3.05) is 7.05 Å². The fourth-order valence-electron chi connectivity index (χ4n) is 2.63. The lowest BCUT2D eigenvalue weighted by Gasteiger charge is -2.12. The number of rotatable bonds is 7. The molecule has 6 nitrogen and oxygen atoms in total. The first kappa shape index (κ1) is 18.0. The average Bonchev–Trinajstić information content (AvgIpc) is 3.09. The number of aromatic nitrogens is 1. The number of nitrogens with one attached hydrogen (secondary N) is 1. The third-order valence-corrected chi connectivity index (χ3v) is 4.64. The first-order chi connectivity index (χ1) is 12.6. The molecule has 0 saturated heterocycles. The quantitative estimate of drug-likeness (QED) is 0.495. The standard InChI is InChI=1S/C19H19N3O3S/c1-13-8-15(16-12-26-18(21-16)10-20-2)19(17(9-13)22(23)24)25-11-14-6-4-3-5-7-14/h3-9,12,20H,10-11H2,1-2H3. The van der Waals surface area contributed by atoms with Crippen molar-refractivity contribution in [3.63, 3.8) is 0 Å². The van der Waals surface area contributed by atoms with Crippen molar-refractivity contribution in [1.82, 2.24) is 10.3 Å². The monoisotopic (exact) mass is 369 g/mol. The Morgan fingerprint density at radius 3 is 2.73 bits per heavy atom. The van der Waals surface area contributed by atoms with Gasteiger partial charge in [-0.05, 0) is 31.2 Å². The van der Waals surface area contributed by atoms with E-state index in [0.29, 0.717) is 17.8 Å². The normalized spacial score (nSPS) is 10.7. The van der Waals surface area contributed by atoms with E-state index in [1.165, 1.54) is 17.4 Å². The van der Waals surface area contributed by atoms with Gasteiger partial charge in [-0.2, -0.15) is 0 Å². The Balaban J connectivity index is 2.02. The van der Waals surface area contributed by atoms with E-state index in [0.717, 1.165) is 16.1 Å². The molecule has 2 aromatic carbocycles. The van der Waals surface area contributed by atoms with Crippen LogP contribution in [0.5, 0.6) is 5.75 Å².